The van der Waals surface area contributed by atoms with Crippen LogP contribution < -0.4 is 4.72 Å². The molecule has 0 saturated carbocycles. The van der Waals surface area contributed by atoms with Crippen LogP contribution in [0.4, 0.5) is 0 Å². The van der Waals surface area contributed by atoms with Gasteiger partial charge in [-0.1, -0.05) is 48.2 Å². The molecule has 0 bridgehead atoms. The smallest absolute Gasteiger partial charge is 0.336 e. The topological polar surface area (TPSA) is 83.5 Å². The maximum absolute atomic E-state index is 12.2. The molecule has 0 unspecified atom stereocenters. The Morgan fingerprint density at radius 3 is 2.28 bits per heavy atom. The lowest BCUT2D eigenvalue weighted by molar-refractivity contribution is 0.0699. The van der Waals surface area contributed by atoms with Crippen molar-refractivity contribution in [2.24, 2.45) is 0 Å². The van der Waals surface area contributed by atoms with Gasteiger partial charge in [0.25, 0.3) is 0 Å². The van der Waals surface area contributed by atoms with Crippen molar-refractivity contribution >= 4 is 38.5 Å². The lowest BCUT2D eigenvalue weighted by atomic mass is 10.0. The molecule has 0 radical (unpaired) electrons. The minimum absolute atomic E-state index is 0.160. The van der Waals surface area contributed by atoms with E-state index in [1.165, 1.54) is 24.9 Å². The zero-order chi connectivity index (χ0) is 18.0. The van der Waals surface area contributed by atoms with Gasteiger partial charge in [0.15, 0.2) is 0 Å². The molecular weight excluding hydrogens is 358 g/mol. The quantitative estimate of drug-likeness (QED) is 0.714. The SMILES string of the molecule is CNS(=O)(=O)c1ccccc1Sc1cccc2cccc(C(=O)O)c12. The molecule has 3 aromatic rings. The van der Waals surface area contributed by atoms with E-state index in [9.17, 15) is 18.3 Å². The van der Waals surface area contributed by atoms with Crippen molar-refractivity contribution in [1.29, 1.82) is 0 Å². The Bertz CT molecular complexity index is 1060. The van der Waals surface area contributed by atoms with Crippen molar-refractivity contribution in [2.45, 2.75) is 14.7 Å². The van der Waals surface area contributed by atoms with Crippen molar-refractivity contribution < 1.29 is 18.3 Å². The molecule has 0 heterocycles. The van der Waals surface area contributed by atoms with Gasteiger partial charge in [-0.15, -0.1) is 0 Å². The third kappa shape index (κ3) is 3.39. The van der Waals surface area contributed by atoms with Gasteiger partial charge in [-0.2, -0.15) is 0 Å². The van der Waals surface area contributed by atoms with Gasteiger partial charge in [0, 0.05) is 15.2 Å². The molecule has 0 spiro atoms. The molecule has 3 rings (SSSR count). The summed E-state index contributed by atoms with van der Waals surface area (Å²) in [6.07, 6.45) is 0. The highest BCUT2D eigenvalue weighted by atomic mass is 32.2. The van der Waals surface area contributed by atoms with Crippen molar-refractivity contribution in [3.05, 3.63) is 66.2 Å². The van der Waals surface area contributed by atoms with Gasteiger partial charge in [-0.25, -0.2) is 17.9 Å². The lowest BCUT2D eigenvalue weighted by Gasteiger charge is -2.12. The van der Waals surface area contributed by atoms with Crippen molar-refractivity contribution in [3.8, 4) is 0 Å². The Hall–Kier alpha value is -2.35. The maximum atomic E-state index is 12.2. The Labute approximate surface area is 149 Å². The highest BCUT2D eigenvalue weighted by Crippen LogP contribution is 2.38. The van der Waals surface area contributed by atoms with Crippen molar-refractivity contribution in [1.82, 2.24) is 4.72 Å². The minimum Gasteiger partial charge on any atom is -0.478 e. The molecule has 0 aliphatic carbocycles. The summed E-state index contributed by atoms with van der Waals surface area (Å²) in [4.78, 5) is 13.0. The molecule has 7 heteroatoms. The average Bonchev–Trinajstić information content (AvgIpc) is 2.61. The summed E-state index contributed by atoms with van der Waals surface area (Å²) in [5.74, 6) is -1.02. The van der Waals surface area contributed by atoms with E-state index in [0.29, 0.717) is 15.2 Å². The fraction of sp³-hybridized carbons (Fsp3) is 0.0556. The molecule has 2 N–H and O–H groups in total. The summed E-state index contributed by atoms with van der Waals surface area (Å²) in [5, 5.41) is 10.9. The number of hydrogen-bond donors (Lipinski definition) is 2. The number of aromatic carboxylic acids is 1. The molecule has 0 aliphatic heterocycles. The Morgan fingerprint density at radius 2 is 1.60 bits per heavy atom. The van der Waals surface area contributed by atoms with Crippen LogP contribution in [0.5, 0.6) is 0 Å². The first-order valence-electron chi connectivity index (χ1n) is 7.39. The molecule has 0 amide bonds. The Morgan fingerprint density at radius 1 is 0.960 bits per heavy atom. The second-order valence-electron chi connectivity index (χ2n) is 5.22. The summed E-state index contributed by atoms with van der Waals surface area (Å²) < 4.78 is 26.8. The first-order valence-corrected chi connectivity index (χ1v) is 9.69. The van der Waals surface area contributed by atoms with E-state index in [-0.39, 0.29) is 10.5 Å². The molecule has 128 valence electrons. The summed E-state index contributed by atoms with van der Waals surface area (Å²) in [6, 6.07) is 17.2. The highest BCUT2D eigenvalue weighted by molar-refractivity contribution is 8.00. The number of sulfonamides is 1. The molecular formula is C18H15NO4S2. The van der Waals surface area contributed by atoms with Crippen LogP contribution >= 0.6 is 11.8 Å². The molecule has 25 heavy (non-hydrogen) atoms. The molecule has 0 saturated heterocycles. The molecule has 0 aliphatic rings. The standard InChI is InChI=1S/C18H15NO4S2/c1-19-25(22,23)16-11-3-2-9-14(16)24-15-10-5-7-12-6-4-8-13(17(12)15)18(20)21/h2-11,19H,1H3,(H,20,21). The first kappa shape index (κ1) is 17.5. The number of carboxylic acids is 1. The van der Waals surface area contributed by atoms with Crippen LogP contribution in [-0.4, -0.2) is 26.5 Å². The zero-order valence-corrected chi connectivity index (χ0v) is 14.9. The van der Waals surface area contributed by atoms with E-state index >= 15 is 0 Å². The van der Waals surface area contributed by atoms with Crippen molar-refractivity contribution in [2.75, 3.05) is 7.05 Å². The Kier molecular flexibility index (Phi) is 4.80. The van der Waals surface area contributed by atoms with Crippen molar-refractivity contribution in [3.63, 3.8) is 0 Å². The van der Waals surface area contributed by atoms with Gasteiger partial charge >= 0.3 is 5.97 Å². The third-order valence-electron chi connectivity index (χ3n) is 3.72. The monoisotopic (exact) mass is 373 g/mol. The molecule has 0 atom stereocenters. The van der Waals surface area contributed by atoms with E-state index < -0.39 is 16.0 Å². The first-order chi connectivity index (χ1) is 11.9. The molecule has 0 aromatic heterocycles. The number of nitrogens with one attached hydrogen (secondary N) is 1. The number of fused-ring (bicyclic) bond motifs is 1. The van der Waals surface area contributed by atoms with Crippen LogP contribution in [0.2, 0.25) is 0 Å². The summed E-state index contributed by atoms with van der Waals surface area (Å²) in [7, 11) is -2.26. The summed E-state index contributed by atoms with van der Waals surface area (Å²) in [5.41, 5.74) is 0.189. The van der Waals surface area contributed by atoms with E-state index in [1.807, 2.05) is 18.2 Å². The van der Waals surface area contributed by atoms with E-state index in [0.717, 1.165) is 5.39 Å². The third-order valence-corrected chi connectivity index (χ3v) is 6.46. The van der Waals surface area contributed by atoms with Crippen LogP contribution in [0, 0.1) is 0 Å². The zero-order valence-electron chi connectivity index (χ0n) is 13.3. The van der Waals surface area contributed by atoms with E-state index in [2.05, 4.69) is 4.72 Å². The second kappa shape index (κ2) is 6.87. The summed E-state index contributed by atoms with van der Waals surface area (Å²) >= 11 is 1.24. The fourth-order valence-electron chi connectivity index (χ4n) is 2.55. The molecule has 5 nitrogen and oxygen atoms in total. The van der Waals surface area contributed by atoms with Crippen LogP contribution in [0.1, 0.15) is 10.4 Å². The van der Waals surface area contributed by atoms with Crippen LogP contribution in [0.15, 0.2) is 75.4 Å². The van der Waals surface area contributed by atoms with Gasteiger partial charge in [0.05, 0.1) is 10.5 Å². The van der Waals surface area contributed by atoms with Crippen LogP contribution in [0.25, 0.3) is 10.8 Å². The van der Waals surface area contributed by atoms with Gasteiger partial charge in [-0.05, 0) is 36.7 Å². The average molecular weight is 373 g/mol. The predicted molar refractivity (Wildman–Crippen MR) is 97.7 cm³/mol. The number of benzene rings is 3. The van der Waals surface area contributed by atoms with Crippen LogP contribution in [-0.2, 0) is 10.0 Å². The molecule has 3 aromatic carbocycles. The molecule has 0 fully saturated rings. The number of carbonyl (C=O) groups is 1. The van der Waals surface area contributed by atoms with Gasteiger partial charge in [-0.3, -0.25) is 0 Å². The lowest BCUT2D eigenvalue weighted by Crippen LogP contribution is -2.19. The number of carboxylic acid groups (broad SMARTS) is 1. The maximum Gasteiger partial charge on any atom is 0.336 e. The Balaban J connectivity index is 2.20. The highest BCUT2D eigenvalue weighted by Gasteiger charge is 2.19. The van der Waals surface area contributed by atoms with Gasteiger partial charge < -0.3 is 5.11 Å². The predicted octanol–water partition coefficient (Wildman–Crippen LogP) is 3.60. The largest absolute Gasteiger partial charge is 0.478 e. The number of rotatable bonds is 5. The summed E-state index contributed by atoms with van der Waals surface area (Å²) in [6.45, 7) is 0. The van der Waals surface area contributed by atoms with E-state index in [1.54, 1.807) is 36.4 Å². The second-order valence-corrected chi connectivity index (χ2v) is 8.16. The number of hydrogen-bond acceptors (Lipinski definition) is 4. The minimum atomic E-state index is -3.62. The van der Waals surface area contributed by atoms with Gasteiger partial charge in [0.2, 0.25) is 10.0 Å². The van der Waals surface area contributed by atoms with Crippen LogP contribution in [0.3, 0.4) is 0 Å². The normalized spacial score (nSPS) is 11.6. The van der Waals surface area contributed by atoms with Gasteiger partial charge in [0.1, 0.15) is 0 Å². The van der Waals surface area contributed by atoms with E-state index in [4.69, 9.17) is 0 Å². The fourth-order valence-corrected chi connectivity index (χ4v) is 4.85.